The highest BCUT2D eigenvalue weighted by molar-refractivity contribution is 6.32. The fourth-order valence-electron chi connectivity index (χ4n) is 3.27. The number of halogens is 1. The van der Waals surface area contributed by atoms with Crippen molar-refractivity contribution < 1.29 is 14.3 Å². The van der Waals surface area contributed by atoms with Gasteiger partial charge < -0.3 is 14.4 Å². The molecule has 6 heteroatoms. The van der Waals surface area contributed by atoms with Crippen molar-refractivity contribution in [1.29, 1.82) is 0 Å². The largest absolute Gasteiger partial charge is 0.486 e. The summed E-state index contributed by atoms with van der Waals surface area (Å²) in [6.45, 7) is 12.4. The molecule has 1 aromatic rings. The summed E-state index contributed by atoms with van der Waals surface area (Å²) in [6.07, 6.45) is 1.52. The molecule has 0 atom stereocenters. The molecular formula is C20H29ClN2O3. The van der Waals surface area contributed by atoms with Crippen molar-refractivity contribution in [1.82, 2.24) is 9.80 Å². The standard InChI is InChI=1S/C20H29ClN2O3/c1-20(2,3)4-5-22-6-8-23(9-7-22)18(24)14-15-12-16(21)19-17(13-15)25-10-11-26-19/h12-13H,4-11,14H2,1-3H3. The van der Waals surface area contributed by atoms with E-state index in [0.717, 1.165) is 38.3 Å². The van der Waals surface area contributed by atoms with Gasteiger partial charge in [0.1, 0.15) is 13.2 Å². The Balaban J connectivity index is 1.52. The molecule has 0 spiro atoms. The van der Waals surface area contributed by atoms with E-state index in [1.807, 2.05) is 17.0 Å². The fraction of sp³-hybridized carbons (Fsp3) is 0.650. The second-order valence-corrected chi connectivity index (χ2v) is 8.72. The van der Waals surface area contributed by atoms with Gasteiger partial charge in [0.2, 0.25) is 5.91 Å². The molecule has 0 radical (unpaired) electrons. The zero-order chi connectivity index (χ0) is 18.7. The first-order chi connectivity index (χ1) is 12.3. The molecule has 1 saturated heterocycles. The van der Waals surface area contributed by atoms with Gasteiger partial charge in [-0.05, 0) is 36.1 Å². The smallest absolute Gasteiger partial charge is 0.227 e. The Hall–Kier alpha value is -1.46. The van der Waals surface area contributed by atoms with Crippen LogP contribution in [0.15, 0.2) is 12.1 Å². The van der Waals surface area contributed by atoms with Crippen molar-refractivity contribution in [3.05, 3.63) is 22.7 Å². The molecule has 0 saturated carbocycles. The zero-order valence-corrected chi connectivity index (χ0v) is 16.8. The highest BCUT2D eigenvalue weighted by atomic mass is 35.5. The number of carbonyl (C=O) groups excluding carboxylic acids is 1. The van der Waals surface area contributed by atoms with E-state index in [0.29, 0.717) is 41.6 Å². The quantitative estimate of drug-likeness (QED) is 0.804. The predicted molar refractivity (Wildman–Crippen MR) is 103 cm³/mol. The number of fused-ring (bicyclic) bond motifs is 1. The fourth-order valence-corrected chi connectivity index (χ4v) is 3.55. The number of hydrogen-bond acceptors (Lipinski definition) is 4. The van der Waals surface area contributed by atoms with Crippen LogP contribution in [0.4, 0.5) is 0 Å². The van der Waals surface area contributed by atoms with Crippen LogP contribution in [0.25, 0.3) is 0 Å². The van der Waals surface area contributed by atoms with Crippen molar-refractivity contribution in [2.75, 3.05) is 45.9 Å². The van der Waals surface area contributed by atoms with Crippen LogP contribution in [0.2, 0.25) is 5.02 Å². The van der Waals surface area contributed by atoms with Gasteiger partial charge in [-0.15, -0.1) is 0 Å². The number of hydrogen-bond donors (Lipinski definition) is 0. The minimum absolute atomic E-state index is 0.146. The van der Waals surface area contributed by atoms with Gasteiger partial charge in [0, 0.05) is 26.2 Å². The third-order valence-electron chi connectivity index (χ3n) is 4.91. The van der Waals surface area contributed by atoms with Crippen molar-refractivity contribution in [3.63, 3.8) is 0 Å². The van der Waals surface area contributed by atoms with Gasteiger partial charge in [0.25, 0.3) is 0 Å². The van der Waals surface area contributed by atoms with Crippen LogP contribution in [0.5, 0.6) is 11.5 Å². The molecular weight excluding hydrogens is 352 g/mol. The first-order valence-electron chi connectivity index (χ1n) is 9.40. The molecule has 0 aromatic heterocycles. The van der Waals surface area contributed by atoms with Gasteiger partial charge in [-0.2, -0.15) is 0 Å². The summed E-state index contributed by atoms with van der Waals surface area (Å²) in [5.41, 5.74) is 1.23. The number of piperazine rings is 1. The number of amides is 1. The minimum Gasteiger partial charge on any atom is -0.486 e. The van der Waals surface area contributed by atoms with E-state index in [9.17, 15) is 4.79 Å². The van der Waals surface area contributed by atoms with Crippen LogP contribution >= 0.6 is 11.6 Å². The molecule has 2 heterocycles. The number of rotatable bonds is 4. The molecule has 0 unspecified atom stereocenters. The lowest BCUT2D eigenvalue weighted by Crippen LogP contribution is -2.49. The van der Waals surface area contributed by atoms with Gasteiger partial charge in [0.15, 0.2) is 11.5 Å². The summed E-state index contributed by atoms with van der Waals surface area (Å²) in [5.74, 6) is 1.37. The highest BCUT2D eigenvalue weighted by Gasteiger charge is 2.23. The lowest BCUT2D eigenvalue weighted by atomic mass is 9.92. The third kappa shape index (κ3) is 5.04. The lowest BCUT2D eigenvalue weighted by molar-refractivity contribution is -0.132. The van der Waals surface area contributed by atoms with Crippen LogP contribution in [-0.4, -0.2) is 61.6 Å². The molecule has 3 rings (SSSR count). The van der Waals surface area contributed by atoms with Gasteiger partial charge >= 0.3 is 0 Å². The Kier molecular flexibility index (Phi) is 5.98. The minimum atomic E-state index is 0.146. The average Bonchev–Trinajstić information content (AvgIpc) is 2.60. The van der Waals surface area contributed by atoms with E-state index in [1.165, 1.54) is 6.42 Å². The molecule has 0 N–H and O–H groups in total. The maximum atomic E-state index is 12.7. The molecule has 144 valence electrons. The van der Waals surface area contributed by atoms with Crippen LogP contribution in [0, 0.1) is 5.41 Å². The SMILES string of the molecule is CC(C)(C)CCN1CCN(C(=O)Cc2cc(Cl)c3c(c2)OCCO3)CC1. The van der Waals surface area contributed by atoms with Crippen molar-refractivity contribution in [2.24, 2.45) is 5.41 Å². The molecule has 5 nitrogen and oxygen atoms in total. The van der Waals surface area contributed by atoms with Gasteiger partial charge in [-0.3, -0.25) is 9.69 Å². The van der Waals surface area contributed by atoms with Crippen molar-refractivity contribution in [3.8, 4) is 11.5 Å². The average molecular weight is 381 g/mol. The Morgan fingerprint density at radius 1 is 1.12 bits per heavy atom. The van der Waals surface area contributed by atoms with Crippen LogP contribution in [0.1, 0.15) is 32.8 Å². The Bertz CT molecular complexity index is 649. The Morgan fingerprint density at radius 3 is 2.50 bits per heavy atom. The van der Waals surface area contributed by atoms with Crippen molar-refractivity contribution in [2.45, 2.75) is 33.6 Å². The van der Waals surface area contributed by atoms with Gasteiger partial charge in [0.05, 0.1) is 11.4 Å². The van der Waals surface area contributed by atoms with Crippen molar-refractivity contribution >= 4 is 17.5 Å². The van der Waals surface area contributed by atoms with E-state index < -0.39 is 0 Å². The summed E-state index contributed by atoms with van der Waals surface area (Å²) >= 11 is 6.27. The Labute approximate surface area is 161 Å². The molecule has 2 aliphatic heterocycles. The number of nitrogens with zero attached hydrogens (tertiary/aromatic N) is 2. The van der Waals surface area contributed by atoms with Gasteiger partial charge in [-0.1, -0.05) is 32.4 Å². The summed E-state index contributed by atoms with van der Waals surface area (Å²) in [5, 5.41) is 0.511. The summed E-state index contributed by atoms with van der Waals surface area (Å²) in [4.78, 5) is 17.1. The Morgan fingerprint density at radius 2 is 1.81 bits per heavy atom. The summed E-state index contributed by atoms with van der Waals surface area (Å²) < 4.78 is 11.1. The molecule has 1 aromatic carbocycles. The third-order valence-corrected chi connectivity index (χ3v) is 5.20. The second kappa shape index (κ2) is 8.05. The summed E-state index contributed by atoms with van der Waals surface area (Å²) in [7, 11) is 0. The van der Waals surface area contributed by atoms with E-state index in [-0.39, 0.29) is 5.91 Å². The summed E-state index contributed by atoms with van der Waals surface area (Å²) in [6, 6.07) is 3.68. The molecule has 1 amide bonds. The maximum Gasteiger partial charge on any atom is 0.227 e. The molecule has 0 bridgehead atoms. The maximum absolute atomic E-state index is 12.7. The van der Waals surface area contributed by atoms with Crippen LogP contribution < -0.4 is 9.47 Å². The van der Waals surface area contributed by atoms with E-state index in [4.69, 9.17) is 21.1 Å². The number of ether oxygens (including phenoxy) is 2. The molecule has 26 heavy (non-hydrogen) atoms. The molecule has 1 fully saturated rings. The topological polar surface area (TPSA) is 42.0 Å². The predicted octanol–water partition coefficient (Wildman–Crippen LogP) is 3.23. The monoisotopic (exact) mass is 380 g/mol. The molecule has 0 aliphatic carbocycles. The van der Waals surface area contributed by atoms with E-state index in [1.54, 1.807) is 0 Å². The number of carbonyl (C=O) groups is 1. The highest BCUT2D eigenvalue weighted by Crippen LogP contribution is 2.38. The first kappa shape index (κ1) is 19.3. The normalized spacial score (nSPS) is 18.1. The second-order valence-electron chi connectivity index (χ2n) is 8.31. The lowest BCUT2D eigenvalue weighted by Gasteiger charge is -2.36. The van der Waals surface area contributed by atoms with E-state index in [2.05, 4.69) is 25.7 Å². The van der Waals surface area contributed by atoms with E-state index >= 15 is 0 Å². The zero-order valence-electron chi connectivity index (χ0n) is 16.0. The van der Waals surface area contributed by atoms with Crippen LogP contribution in [-0.2, 0) is 11.2 Å². The first-order valence-corrected chi connectivity index (χ1v) is 9.78. The molecule has 2 aliphatic rings. The van der Waals surface area contributed by atoms with Gasteiger partial charge in [-0.25, -0.2) is 0 Å². The number of benzene rings is 1. The van der Waals surface area contributed by atoms with Crippen LogP contribution in [0.3, 0.4) is 0 Å².